The summed E-state index contributed by atoms with van der Waals surface area (Å²) in [5.74, 6) is -5.45. The van der Waals surface area contributed by atoms with E-state index in [1.54, 1.807) is 0 Å². The monoisotopic (exact) mass is 408 g/mol. The van der Waals surface area contributed by atoms with Gasteiger partial charge in [-0.2, -0.15) is 26.3 Å². The molecule has 0 bridgehead atoms. The van der Waals surface area contributed by atoms with Gasteiger partial charge in [0.25, 0.3) is 5.92 Å². The molecule has 2 aliphatic rings. The van der Waals surface area contributed by atoms with E-state index in [9.17, 15) is 40.2 Å². The van der Waals surface area contributed by atoms with Crippen molar-refractivity contribution in [3.05, 3.63) is 23.3 Å². The molecular weight excluding hydrogens is 396 g/mol. The molecule has 1 N–H and O–H groups in total. The summed E-state index contributed by atoms with van der Waals surface area (Å²) in [5, 5.41) is 9.73. The van der Waals surface area contributed by atoms with Gasteiger partial charge < -0.3 is 9.84 Å². The van der Waals surface area contributed by atoms with Crippen LogP contribution in [0.4, 0.5) is 35.1 Å². The predicted octanol–water partition coefficient (Wildman–Crippen LogP) is 5.24. The van der Waals surface area contributed by atoms with Gasteiger partial charge >= 0.3 is 11.7 Å². The number of halogens is 8. The standard InChI is InChI=1S/C15H12F8O2S/c16-13(17)5-8-9(25-7-3-6(4-7)14(18,19)20)1-2-10(11(8)12(13)24)26-15(21,22)23/h1-2,6-7,12,24H,3-5H2/t6?,7?,12-/m0/s1. The summed E-state index contributed by atoms with van der Waals surface area (Å²) in [5.41, 5.74) is -5.63. The van der Waals surface area contributed by atoms with E-state index in [1.165, 1.54) is 0 Å². The molecule has 1 aromatic carbocycles. The third-order valence-corrected chi connectivity index (χ3v) is 5.24. The predicted molar refractivity (Wildman–Crippen MR) is 75.2 cm³/mol. The average Bonchev–Trinajstić information content (AvgIpc) is 2.64. The summed E-state index contributed by atoms with van der Waals surface area (Å²) in [4.78, 5) is -0.577. The Labute approximate surface area is 146 Å². The molecule has 0 heterocycles. The summed E-state index contributed by atoms with van der Waals surface area (Å²) in [6.45, 7) is 0. The first-order valence-electron chi connectivity index (χ1n) is 7.48. The first-order chi connectivity index (χ1) is 11.8. The molecule has 1 atom stereocenters. The van der Waals surface area contributed by atoms with E-state index in [4.69, 9.17) is 4.74 Å². The SMILES string of the molecule is O[C@H]1c2c(SC(F)(F)F)ccc(OC3CC(C(F)(F)F)C3)c2CC1(F)F. The number of ether oxygens (including phenoxy) is 1. The van der Waals surface area contributed by atoms with Crippen LogP contribution in [0, 0.1) is 5.92 Å². The van der Waals surface area contributed by atoms with Crippen molar-refractivity contribution in [1.82, 2.24) is 0 Å². The average molecular weight is 408 g/mol. The van der Waals surface area contributed by atoms with Crippen LogP contribution in [0.15, 0.2) is 17.0 Å². The second-order valence-corrected chi connectivity index (χ2v) is 7.40. The molecule has 1 fully saturated rings. The minimum absolute atomic E-state index is 0.214. The maximum atomic E-state index is 13.8. The third-order valence-electron chi connectivity index (χ3n) is 4.44. The first-order valence-corrected chi connectivity index (χ1v) is 8.30. The van der Waals surface area contributed by atoms with E-state index in [1.807, 2.05) is 0 Å². The van der Waals surface area contributed by atoms with Crippen LogP contribution >= 0.6 is 11.8 Å². The summed E-state index contributed by atoms with van der Waals surface area (Å²) >= 11 is -0.636. The maximum Gasteiger partial charge on any atom is 0.446 e. The van der Waals surface area contributed by atoms with Crippen LogP contribution in [-0.2, 0) is 6.42 Å². The van der Waals surface area contributed by atoms with Crippen LogP contribution in [0.1, 0.15) is 30.1 Å². The van der Waals surface area contributed by atoms with Gasteiger partial charge in [0.2, 0.25) is 0 Å². The fourth-order valence-electron chi connectivity index (χ4n) is 3.08. The Morgan fingerprint density at radius 1 is 1.08 bits per heavy atom. The highest BCUT2D eigenvalue weighted by Crippen LogP contribution is 2.53. The lowest BCUT2D eigenvalue weighted by molar-refractivity contribution is -0.210. The van der Waals surface area contributed by atoms with Crippen molar-refractivity contribution in [3.63, 3.8) is 0 Å². The maximum absolute atomic E-state index is 13.8. The van der Waals surface area contributed by atoms with Gasteiger partial charge in [-0.3, -0.25) is 0 Å². The highest BCUT2D eigenvalue weighted by atomic mass is 32.2. The van der Waals surface area contributed by atoms with Crippen molar-refractivity contribution in [3.8, 4) is 5.75 Å². The van der Waals surface area contributed by atoms with Crippen LogP contribution in [0.25, 0.3) is 0 Å². The lowest BCUT2D eigenvalue weighted by atomic mass is 9.82. The molecule has 1 saturated carbocycles. The fraction of sp³-hybridized carbons (Fsp3) is 0.600. The lowest BCUT2D eigenvalue weighted by Gasteiger charge is -2.36. The minimum atomic E-state index is -4.75. The number of aliphatic hydroxyl groups is 1. The van der Waals surface area contributed by atoms with Crippen LogP contribution < -0.4 is 4.74 Å². The van der Waals surface area contributed by atoms with E-state index >= 15 is 0 Å². The molecule has 0 aromatic heterocycles. The molecule has 0 radical (unpaired) electrons. The van der Waals surface area contributed by atoms with Gasteiger partial charge in [-0.25, -0.2) is 8.78 Å². The fourth-order valence-corrected chi connectivity index (χ4v) is 3.81. The van der Waals surface area contributed by atoms with Crippen LogP contribution in [0.5, 0.6) is 5.75 Å². The Morgan fingerprint density at radius 3 is 2.23 bits per heavy atom. The third kappa shape index (κ3) is 3.73. The second-order valence-electron chi connectivity index (χ2n) is 6.29. The van der Waals surface area contributed by atoms with E-state index < -0.39 is 64.4 Å². The molecule has 26 heavy (non-hydrogen) atoms. The molecule has 146 valence electrons. The van der Waals surface area contributed by atoms with Crippen LogP contribution in [0.3, 0.4) is 0 Å². The van der Waals surface area contributed by atoms with Crippen molar-refractivity contribution in [1.29, 1.82) is 0 Å². The largest absolute Gasteiger partial charge is 0.490 e. The van der Waals surface area contributed by atoms with Gasteiger partial charge in [0.15, 0.2) is 0 Å². The van der Waals surface area contributed by atoms with E-state index in [-0.39, 0.29) is 24.2 Å². The van der Waals surface area contributed by atoms with Crippen molar-refractivity contribution >= 4 is 11.8 Å². The molecular formula is C15H12F8O2S. The summed E-state index contributed by atoms with van der Waals surface area (Å²) in [7, 11) is 0. The van der Waals surface area contributed by atoms with Gasteiger partial charge in [0, 0.05) is 22.4 Å². The topological polar surface area (TPSA) is 29.5 Å². The van der Waals surface area contributed by atoms with Crippen LogP contribution in [0.2, 0.25) is 0 Å². The Kier molecular flexibility index (Phi) is 4.62. The van der Waals surface area contributed by atoms with Gasteiger partial charge in [-0.05, 0) is 36.7 Å². The molecule has 2 nitrogen and oxygen atoms in total. The Balaban J connectivity index is 1.85. The van der Waals surface area contributed by atoms with Crippen molar-refractivity contribution in [2.75, 3.05) is 0 Å². The van der Waals surface area contributed by atoms with E-state index in [2.05, 4.69) is 0 Å². The zero-order valence-electron chi connectivity index (χ0n) is 12.8. The summed E-state index contributed by atoms with van der Waals surface area (Å²) < 4.78 is 108. The Bertz CT molecular complexity index is 694. The molecule has 0 saturated heterocycles. The number of thioether (sulfide) groups is 1. The molecule has 0 aliphatic heterocycles. The zero-order chi connectivity index (χ0) is 19.5. The number of hydrogen-bond acceptors (Lipinski definition) is 3. The molecule has 3 rings (SSSR count). The highest BCUT2D eigenvalue weighted by Gasteiger charge is 2.52. The molecule has 0 amide bonds. The lowest BCUT2D eigenvalue weighted by Crippen LogP contribution is -2.42. The summed E-state index contributed by atoms with van der Waals surface area (Å²) in [6, 6.07) is 1.92. The molecule has 11 heteroatoms. The normalized spacial score (nSPS) is 27.8. The number of benzene rings is 1. The quantitative estimate of drug-likeness (QED) is 0.548. The number of alkyl halides is 8. The van der Waals surface area contributed by atoms with Gasteiger partial charge in [0.1, 0.15) is 11.9 Å². The minimum Gasteiger partial charge on any atom is -0.490 e. The van der Waals surface area contributed by atoms with Crippen molar-refractivity contribution in [2.45, 2.75) is 54.0 Å². The first kappa shape index (κ1) is 19.5. The van der Waals surface area contributed by atoms with Gasteiger partial charge in [0.05, 0.1) is 12.0 Å². The van der Waals surface area contributed by atoms with E-state index in [0.29, 0.717) is 0 Å². The molecule has 0 spiro atoms. The zero-order valence-corrected chi connectivity index (χ0v) is 13.6. The number of aliphatic hydroxyl groups excluding tert-OH is 1. The van der Waals surface area contributed by atoms with Gasteiger partial charge in [-0.1, -0.05) is 0 Å². The second kappa shape index (κ2) is 6.15. The Hall–Kier alpha value is -1.23. The van der Waals surface area contributed by atoms with Crippen LogP contribution in [-0.4, -0.2) is 28.8 Å². The molecule has 1 aromatic rings. The highest BCUT2D eigenvalue weighted by molar-refractivity contribution is 8.00. The van der Waals surface area contributed by atoms with Crippen molar-refractivity contribution < 1.29 is 45.0 Å². The number of rotatable bonds is 3. The molecule has 2 aliphatic carbocycles. The smallest absolute Gasteiger partial charge is 0.446 e. The Morgan fingerprint density at radius 2 is 1.69 bits per heavy atom. The van der Waals surface area contributed by atoms with E-state index in [0.717, 1.165) is 12.1 Å². The number of fused-ring (bicyclic) bond motifs is 1. The molecule has 0 unspecified atom stereocenters. The van der Waals surface area contributed by atoms with Gasteiger partial charge in [-0.15, -0.1) is 0 Å². The number of hydrogen-bond donors (Lipinski definition) is 1. The van der Waals surface area contributed by atoms with Crippen molar-refractivity contribution in [2.24, 2.45) is 5.92 Å². The summed E-state index contributed by atoms with van der Waals surface area (Å²) in [6.07, 6.45) is -9.42.